The number of anilines is 1. The van der Waals surface area contributed by atoms with Crippen molar-refractivity contribution in [2.45, 2.75) is 31.8 Å². The van der Waals surface area contributed by atoms with Gasteiger partial charge in [-0.25, -0.2) is 13.9 Å². The minimum atomic E-state index is -4.76. The van der Waals surface area contributed by atoms with Crippen LogP contribution in [0.15, 0.2) is 41.8 Å². The molecule has 2 aromatic heterocycles. The summed E-state index contributed by atoms with van der Waals surface area (Å²) in [7, 11) is 1.21. The smallest absolute Gasteiger partial charge is 0.412 e. The zero-order valence-corrected chi connectivity index (χ0v) is 16.7. The predicted molar refractivity (Wildman–Crippen MR) is 103 cm³/mol. The van der Waals surface area contributed by atoms with E-state index in [0.29, 0.717) is 11.4 Å². The molecule has 4 rings (SSSR count). The molecule has 0 radical (unpaired) electrons. The van der Waals surface area contributed by atoms with Crippen LogP contribution in [0.2, 0.25) is 0 Å². The summed E-state index contributed by atoms with van der Waals surface area (Å²) in [4.78, 5) is 9.52. The minimum absolute atomic E-state index is 0.0957. The van der Waals surface area contributed by atoms with Crippen LogP contribution >= 0.6 is 0 Å². The number of nitrogens with zero attached hydrogens (tertiary/aromatic N) is 4. The number of hydrogen-bond donors (Lipinski definition) is 2. The number of aromatic nitrogens is 3. The van der Waals surface area contributed by atoms with Gasteiger partial charge in [0.05, 0.1) is 18.9 Å². The standard InChI is InChI=1S/C19H18F4N6O2/c1-18(2)27-16(28-31-18)12-9-24-29-7-6-14(26-17(12)29)25-15(19(21,22)23)11-8-10(20)4-5-13(11)30-3/h4-9,15H,1-3H3,(H,25,26)(H,27,28)/t15-/m0/s1. The molecule has 0 unspecified atom stereocenters. The number of fused-ring (bicyclic) bond motifs is 1. The van der Waals surface area contributed by atoms with Crippen molar-refractivity contribution in [3.8, 4) is 5.75 Å². The lowest BCUT2D eigenvalue weighted by molar-refractivity contribution is -0.144. The van der Waals surface area contributed by atoms with Crippen molar-refractivity contribution in [3.63, 3.8) is 0 Å². The number of oxime groups is 1. The average molecular weight is 438 g/mol. The summed E-state index contributed by atoms with van der Waals surface area (Å²) >= 11 is 0. The summed E-state index contributed by atoms with van der Waals surface area (Å²) in [5.74, 6) is -0.669. The van der Waals surface area contributed by atoms with Crippen molar-refractivity contribution in [1.29, 1.82) is 0 Å². The first-order valence-corrected chi connectivity index (χ1v) is 9.13. The fourth-order valence-electron chi connectivity index (χ4n) is 3.14. The topological polar surface area (TPSA) is 85.1 Å². The third-order valence-corrected chi connectivity index (χ3v) is 4.53. The van der Waals surface area contributed by atoms with Gasteiger partial charge in [0.1, 0.15) is 17.4 Å². The molecule has 1 aliphatic heterocycles. The van der Waals surface area contributed by atoms with E-state index in [1.54, 1.807) is 13.8 Å². The monoisotopic (exact) mass is 438 g/mol. The van der Waals surface area contributed by atoms with Gasteiger partial charge >= 0.3 is 6.18 Å². The number of amidine groups is 1. The van der Waals surface area contributed by atoms with Crippen LogP contribution in [-0.2, 0) is 4.84 Å². The molecule has 31 heavy (non-hydrogen) atoms. The Morgan fingerprint density at radius 2 is 2.03 bits per heavy atom. The van der Waals surface area contributed by atoms with Gasteiger partial charge in [-0.15, -0.1) is 0 Å². The molecule has 8 nitrogen and oxygen atoms in total. The Hall–Kier alpha value is -3.57. The van der Waals surface area contributed by atoms with E-state index in [9.17, 15) is 17.6 Å². The Bertz CT molecular complexity index is 1160. The summed E-state index contributed by atoms with van der Waals surface area (Å²) in [6, 6.07) is 2.02. The van der Waals surface area contributed by atoms with E-state index in [4.69, 9.17) is 9.57 Å². The second kappa shape index (κ2) is 7.29. The minimum Gasteiger partial charge on any atom is -0.496 e. The highest BCUT2D eigenvalue weighted by Crippen LogP contribution is 2.39. The lowest BCUT2D eigenvalue weighted by Crippen LogP contribution is -2.38. The molecule has 0 bridgehead atoms. The number of hydrogen-bond acceptors (Lipinski definition) is 7. The molecular formula is C19H18F4N6O2. The molecule has 2 N–H and O–H groups in total. The number of benzene rings is 1. The summed E-state index contributed by atoms with van der Waals surface area (Å²) in [5, 5.41) is 13.4. The van der Waals surface area contributed by atoms with Gasteiger partial charge in [0.15, 0.2) is 17.5 Å². The number of rotatable bonds is 5. The van der Waals surface area contributed by atoms with Gasteiger partial charge in [0.25, 0.3) is 0 Å². The van der Waals surface area contributed by atoms with Crippen molar-refractivity contribution in [2.75, 3.05) is 12.4 Å². The lowest BCUT2D eigenvalue weighted by atomic mass is 10.0. The van der Waals surface area contributed by atoms with Crippen LogP contribution < -0.4 is 15.4 Å². The maximum absolute atomic E-state index is 13.9. The van der Waals surface area contributed by atoms with Gasteiger partial charge in [-0.2, -0.15) is 18.3 Å². The highest BCUT2D eigenvalue weighted by Gasteiger charge is 2.43. The summed E-state index contributed by atoms with van der Waals surface area (Å²) < 4.78 is 61.7. The molecule has 12 heteroatoms. The van der Waals surface area contributed by atoms with Gasteiger partial charge in [0.2, 0.25) is 5.72 Å². The molecule has 1 aliphatic rings. The van der Waals surface area contributed by atoms with Crippen molar-refractivity contribution in [2.24, 2.45) is 5.16 Å². The molecule has 1 aromatic carbocycles. The first-order valence-electron chi connectivity index (χ1n) is 9.13. The van der Waals surface area contributed by atoms with E-state index in [0.717, 1.165) is 18.2 Å². The van der Waals surface area contributed by atoms with Crippen LogP contribution in [0.5, 0.6) is 5.75 Å². The quantitative estimate of drug-likeness (QED) is 0.592. The Morgan fingerprint density at radius 3 is 2.68 bits per heavy atom. The molecular weight excluding hydrogens is 420 g/mol. The molecule has 3 heterocycles. The zero-order chi connectivity index (χ0) is 22.4. The zero-order valence-electron chi connectivity index (χ0n) is 16.7. The molecule has 0 amide bonds. The number of halogens is 4. The molecule has 1 atom stereocenters. The normalized spacial score (nSPS) is 16.4. The summed E-state index contributed by atoms with van der Waals surface area (Å²) in [6.07, 6.45) is -1.83. The van der Waals surface area contributed by atoms with Crippen molar-refractivity contribution in [3.05, 3.63) is 53.6 Å². The number of nitrogens with one attached hydrogen (secondary N) is 2. The van der Waals surface area contributed by atoms with Crippen LogP contribution in [0.1, 0.15) is 31.0 Å². The summed E-state index contributed by atoms with van der Waals surface area (Å²) in [6.45, 7) is 3.52. The SMILES string of the molecule is COc1ccc(F)cc1[C@H](Nc1ccn2ncc(C3=NOC(C)(C)N3)c2n1)C(F)(F)F. The van der Waals surface area contributed by atoms with E-state index >= 15 is 0 Å². The molecule has 0 saturated carbocycles. The predicted octanol–water partition coefficient (Wildman–Crippen LogP) is 3.61. The van der Waals surface area contributed by atoms with Crippen molar-refractivity contribution < 1.29 is 27.1 Å². The van der Waals surface area contributed by atoms with E-state index in [-0.39, 0.29) is 17.2 Å². The van der Waals surface area contributed by atoms with Crippen molar-refractivity contribution >= 4 is 17.3 Å². The van der Waals surface area contributed by atoms with Crippen LogP contribution in [0.3, 0.4) is 0 Å². The van der Waals surface area contributed by atoms with Gasteiger partial charge in [0, 0.05) is 11.8 Å². The molecule has 164 valence electrons. The Balaban J connectivity index is 1.72. The van der Waals surface area contributed by atoms with Crippen molar-refractivity contribution in [1.82, 2.24) is 19.9 Å². The van der Waals surface area contributed by atoms with Crippen LogP contribution in [-0.4, -0.2) is 39.4 Å². The lowest BCUT2D eigenvalue weighted by Gasteiger charge is -2.24. The highest BCUT2D eigenvalue weighted by molar-refractivity contribution is 6.04. The average Bonchev–Trinajstić information content (AvgIpc) is 3.27. The maximum Gasteiger partial charge on any atom is 0.412 e. The Kier molecular flexibility index (Phi) is 4.86. The Morgan fingerprint density at radius 1 is 1.26 bits per heavy atom. The molecule has 0 fully saturated rings. The third-order valence-electron chi connectivity index (χ3n) is 4.53. The molecule has 3 aromatic rings. The van der Waals surface area contributed by atoms with Crippen LogP contribution in [0, 0.1) is 5.82 Å². The van der Waals surface area contributed by atoms with Gasteiger partial charge in [-0.05, 0) is 38.1 Å². The van der Waals surface area contributed by atoms with E-state index in [1.807, 2.05) is 0 Å². The highest BCUT2D eigenvalue weighted by atomic mass is 19.4. The van der Waals surface area contributed by atoms with E-state index in [2.05, 4.69) is 25.9 Å². The third kappa shape index (κ3) is 4.05. The van der Waals surface area contributed by atoms with Crippen LogP contribution in [0.4, 0.5) is 23.4 Å². The number of ether oxygens (including phenoxy) is 1. The first kappa shape index (κ1) is 20.7. The van der Waals surface area contributed by atoms with Gasteiger partial charge < -0.3 is 20.2 Å². The number of alkyl halides is 3. The number of methoxy groups -OCH3 is 1. The fraction of sp³-hybridized carbons (Fsp3) is 0.316. The van der Waals surface area contributed by atoms with Crippen LogP contribution in [0.25, 0.3) is 5.65 Å². The van der Waals surface area contributed by atoms with Gasteiger partial charge in [-0.3, -0.25) is 0 Å². The summed E-state index contributed by atoms with van der Waals surface area (Å²) in [5.41, 5.74) is -0.442. The molecule has 0 spiro atoms. The largest absolute Gasteiger partial charge is 0.496 e. The second-order valence-corrected chi connectivity index (χ2v) is 7.31. The maximum atomic E-state index is 13.9. The van der Waals surface area contributed by atoms with E-state index < -0.39 is 29.3 Å². The second-order valence-electron chi connectivity index (χ2n) is 7.31. The fourth-order valence-corrected chi connectivity index (χ4v) is 3.14. The molecule has 0 aliphatic carbocycles. The Labute approximate surface area is 173 Å². The first-order chi connectivity index (χ1) is 14.6. The molecule has 0 saturated heterocycles. The van der Waals surface area contributed by atoms with Gasteiger partial charge in [-0.1, -0.05) is 5.16 Å². The van der Waals surface area contributed by atoms with E-state index in [1.165, 1.54) is 30.1 Å².